The Morgan fingerprint density at radius 2 is 1.76 bits per heavy atom. The molecule has 2 N–H and O–H groups in total. The van der Waals surface area contributed by atoms with E-state index in [1.54, 1.807) is 48.5 Å². The first-order valence-electron chi connectivity index (χ1n) is 9.23. The number of nitrogens with one attached hydrogen (secondary N) is 1. The number of amides is 1. The zero-order valence-electron chi connectivity index (χ0n) is 16.9. The largest absolute Gasteiger partial charge is 0.508 e. The lowest BCUT2D eigenvalue weighted by molar-refractivity contribution is -0.141. The molecule has 0 fully saturated rings. The lowest BCUT2D eigenvalue weighted by Crippen LogP contribution is -2.36. The Kier molecular flexibility index (Phi) is 5.40. The number of nitrogens with zero attached hydrogens (tertiary/aromatic N) is 2. The summed E-state index contributed by atoms with van der Waals surface area (Å²) in [5.74, 6) is -0.0995. The number of hydrogen-bond acceptors (Lipinski definition) is 5. The summed E-state index contributed by atoms with van der Waals surface area (Å²) in [5, 5.41) is 16.3. The van der Waals surface area contributed by atoms with Crippen LogP contribution in [-0.2, 0) is 14.8 Å². The number of para-hydroxylation sites is 2. The van der Waals surface area contributed by atoms with Crippen LogP contribution >= 0.6 is 0 Å². The van der Waals surface area contributed by atoms with Crippen LogP contribution in [0.25, 0.3) is 0 Å². The fraction of sp³-hybridized carbons (Fsp3) is 0.333. The second-order valence-electron chi connectivity index (χ2n) is 8.14. The Morgan fingerprint density at radius 3 is 2.38 bits per heavy atom. The lowest BCUT2D eigenvalue weighted by Gasteiger charge is -2.28. The highest BCUT2D eigenvalue weighted by Gasteiger charge is 2.39. The molecular weight excluding hydrogens is 390 g/mol. The number of carbonyl (C=O) groups is 1. The number of hydrazone groups is 1. The predicted octanol–water partition coefficient (Wildman–Crippen LogP) is 3.49. The van der Waals surface area contributed by atoms with Gasteiger partial charge in [0.05, 0.1) is 23.7 Å². The molecule has 0 saturated carbocycles. The number of anilines is 1. The average molecular weight is 416 g/mol. The van der Waals surface area contributed by atoms with E-state index in [0.29, 0.717) is 28.9 Å². The lowest BCUT2D eigenvalue weighted by atomic mass is 9.92. The summed E-state index contributed by atoms with van der Waals surface area (Å²) < 4.78 is 26.0. The molecule has 3 rings (SSSR count). The van der Waals surface area contributed by atoms with Crippen LogP contribution in [0.15, 0.2) is 53.6 Å². The molecule has 1 atom stereocenters. The van der Waals surface area contributed by atoms with Crippen LogP contribution in [0.2, 0.25) is 0 Å². The second-order valence-corrected chi connectivity index (χ2v) is 9.89. The molecule has 7 nitrogen and oxygen atoms in total. The van der Waals surface area contributed by atoms with Gasteiger partial charge in [0.2, 0.25) is 15.9 Å². The standard InChI is InChI=1S/C21H25N3O4S/c1-21(2,3)20(26)24-18(15-10-6-8-12-19(15)25)13-17(22-24)14-9-5-7-11-16(14)23-29(4,27)28/h5-12,18,23,25H,13H2,1-4H3. The maximum absolute atomic E-state index is 13.1. The molecule has 1 heterocycles. The number of rotatable bonds is 4. The van der Waals surface area contributed by atoms with E-state index in [-0.39, 0.29) is 11.7 Å². The summed E-state index contributed by atoms with van der Waals surface area (Å²) in [5.41, 5.74) is 1.49. The van der Waals surface area contributed by atoms with Gasteiger partial charge in [-0.1, -0.05) is 57.2 Å². The summed E-state index contributed by atoms with van der Waals surface area (Å²) in [7, 11) is -3.48. The van der Waals surface area contributed by atoms with Crippen molar-refractivity contribution >= 4 is 27.3 Å². The van der Waals surface area contributed by atoms with Crippen LogP contribution in [-0.4, -0.2) is 36.4 Å². The predicted molar refractivity (Wildman–Crippen MR) is 113 cm³/mol. The summed E-state index contributed by atoms with van der Waals surface area (Å²) >= 11 is 0. The van der Waals surface area contributed by atoms with Crippen molar-refractivity contribution in [2.75, 3.05) is 11.0 Å². The van der Waals surface area contributed by atoms with Gasteiger partial charge >= 0.3 is 0 Å². The molecule has 1 amide bonds. The molecule has 1 aliphatic rings. The van der Waals surface area contributed by atoms with Gasteiger partial charge in [-0.2, -0.15) is 5.10 Å². The van der Waals surface area contributed by atoms with E-state index in [4.69, 9.17) is 0 Å². The molecule has 29 heavy (non-hydrogen) atoms. The number of benzene rings is 2. The first-order chi connectivity index (χ1) is 13.5. The summed E-state index contributed by atoms with van der Waals surface area (Å²) in [6.45, 7) is 5.43. The number of hydrogen-bond donors (Lipinski definition) is 2. The van der Waals surface area contributed by atoms with Crippen molar-refractivity contribution in [1.29, 1.82) is 0 Å². The Morgan fingerprint density at radius 1 is 1.14 bits per heavy atom. The van der Waals surface area contributed by atoms with Crippen molar-refractivity contribution in [2.45, 2.75) is 33.2 Å². The van der Waals surface area contributed by atoms with E-state index in [0.717, 1.165) is 6.26 Å². The van der Waals surface area contributed by atoms with Gasteiger partial charge in [0, 0.05) is 23.0 Å². The molecule has 2 aromatic carbocycles. The summed E-state index contributed by atoms with van der Waals surface area (Å²) in [6, 6.07) is 13.3. The minimum absolute atomic E-state index is 0.0863. The van der Waals surface area contributed by atoms with Gasteiger partial charge in [0.15, 0.2) is 0 Å². The molecular formula is C21H25N3O4S. The van der Waals surface area contributed by atoms with Crippen molar-refractivity contribution in [1.82, 2.24) is 5.01 Å². The maximum Gasteiger partial charge on any atom is 0.248 e. The van der Waals surface area contributed by atoms with Crippen LogP contribution in [0, 0.1) is 5.41 Å². The van der Waals surface area contributed by atoms with Crippen LogP contribution in [0.5, 0.6) is 5.75 Å². The quantitative estimate of drug-likeness (QED) is 0.798. The summed E-state index contributed by atoms with van der Waals surface area (Å²) in [6.07, 6.45) is 1.43. The molecule has 8 heteroatoms. The number of phenolic OH excluding ortho intramolecular Hbond substituents is 1. The first-order valence-corrected chi connectivity index (χ1v) is 11.1. The third-order valence-electron chi connectivity index (χ3n) is 4.59. The molecule has 2 aromatic rings. The van der Waals surface area contributed by atoms with E-state index >= 15 is 0 Å². The highest BCUT2D eigenvalue weighted by atomic mass is 32.2. The van der Waals surface area contributed by atoms with Gasteiger partial charge < -0.3 is 5.11 Å². The van der Waals surface area contributed by atoms with E-state index in [1.807, 2.05) is 20.8 Å². The minimum atomic E-state index is -3.48. The van der Waals surface area contributed by atoms with Gasteiger partial charge in [-0.15, -0.1) is 0 Å². The molecule has 0 saturated heterocycles. The highest BCUT2D eigenvalue weighted by Crippen LogP contribution is 2.40. The number of sulfonamides is 1. The molecule has 0 bridgehead atoms. The normalized spacial score (nSPS) is 17.2. The highest BCUT2D eigenvalue weighted by molar-refractivity contribution is 7.92. The third kappa shape index (κ3) is 4.59. The third-order valence-corrected chi connectivity index (χ3v) is 5.18. The summed E-state index contributed by atoms with van der Waals surface area (Å²) in [4.78, 5) is 13.1. The smallest absolute Gasteiger partial charge is 0.248 e. The van der Waals surface area contributed by atoms with Crippen molar-refractivity contribution < 1.29 is 18.3 Å². The van der Waals surface area contributed by atoms with Gasteiger partial charge in [-0.3, -0.25) is 9.52 Å². The Balaban J connectivity index is 2.08. The molecule has 1 aliphatic heterocycles. The van der Waals surface area contributed by atoms with Crippen LogP contribution in [0.3, 0.4) is 0 Å². The van der Waals surface area contributed by atoms with Gasteiger partial charge in [0.1, 0.15) is 5.75 Å². The fourth-order valence-electron chi connectivity index (χ4n) is 3.24. The molecule has 0 aromatic heterocycles. The van der Waals surface area contributed by atoms with Crippen molar-refractivity contribution in [2.24, 2.45) is 10.5 Å². The molecule has 0 aliphatic carbocycles. The van der Waals surface area contributed by atoms with Gasteiger partial charge in [-0.25, -0.2) is 13.4 Å². The topological polar surface area (TPSA) is 99.1 Å². The monoisotopic (exact) mass is 415 g/mol. The Bertz CT molecular complexity index is 1070. The van der Waals surface area contributed by atoms with E-state index in [2.05, 4.69) is 9.82 Å². The zero-order valence-corrected chi connectivity index (χ0v) is 17.7. The van der Waals surface area contributed by atoms with E-state index in [9.17, 15) is 18.3 Å². The Hall–Kier alpha value is -2.87. The van der Waals surface area contributed by atoms with Crippen LogP contribution < -0.4 is 4.72 Å². The van der Waals surface area contributed by atoms with Crippen LogP contribution in [0.1, 0.15) is 44.4 Å². The average Bonchev–Trinajstić information content (AvgIpc) is 3.04. The Labute approximate surface area is 171 Å². The number of carbonyl (C=O) groups excluding carboxylic acids is 1. The maximum atomic E-state index is 13.1. The van der Waals surface area contributed by atoms with E-state index in [1.165, 1.54) is 5.01 Å². The van der Waals surface area contributed by atoms with Crippen molar-refractivity contribution in [3.63, 3.8) is 0 Å². The zero-order chi connectivity index (χ0) is 21.4. The first kappa shape index (κ1) is 20.9. The van der Waals surface area contributed by atoms with Crippen molar-refractivity contribution in [3.05, 3.63) is 59.7 Å². The second kappa shape index (κ2) is 7.51. The molecule has 0 spiro atoms. The SMILES string of the molecule is CC(C)(C)C(=O)N1N=C(c2ccccc2NS(C)(=O)=O)CC1c1ccccc1O. The molecule has 154 valence electrons. The minimum Gasteiger partial charge on any atom is -0.508 e. The van der Waals surface area contributed by atoms with E-state index < -0.39 is 21.5 Å². The molecule has 0 radical (unpaired) electrons. The van der Waals surface area contributed by atoms with Gasteiger partial charge in [-0.05, 0) is 12.1 Å². The number of aromatic hydroxyl groups is 1. The fourth-order valence-corrected chi connectivity index (χ4v) is 3.82. The molecule has 1 unspecified atom stereocenters. The van der Waals surface area contributed by atoms with Crippen molar-refractivity contribution in [3.8, 4) is 5.75 Å². The number of phenols is 1. The van der Waals surface area contributed by atoms with Crippen LogP contribution in [0.4, 0.5) is 5.69 Å². The van der Waals surface area contributed by atoms with Gasteiger partial charge in [0.25, 0.3) is 0 Å².